The van der Waals surface area contributed by atoms with Crippen LogP contribution in [0.2, 0.25) is 0 Å². The van der Waals surface area contributed by atoms with Gasteiger partial charge in [0.2, 0.25) is 0 Å². The first-order valence-corrected chi connectivity index (χ1v) is 7.49. The third-order valence-corrected chi connectivity index (χ3v) is 3.92. The first kappa shape index (κ1) is 15.6. The van der Waals surface area contributed by atoms with Crippen LogP contribution in [0.25, 0.3) is 0 Å². The van der Waals surface area contributed by atoms with E-state index in [2.05, 4.69) is 27.9 Å². The lowest BCUT2D eigenvalue weighted by molar-refractivity contribution is -0.384. The molecule has 0 atom stereocenters. The summed E-state index contributed by atoms with van der Waals surface area (Å²) in [5.41, 5.74) is 2.20. The Labute approximate surface area is 136 Å². The van der Waals surface area contributed by atoms with Gasteiger partial charge in [0.25, 0.3) is 5.69 Å². The van der Waals surface area contributed by atoms with E-state index in [1.54, 1.807) is 19.2 Å². The van der Waals surface area contributed by atoms with Crippen molar-refractivity contribution in [3.63, 3.8) is 0 Å². The summed E-state index contributed by atoms with van der Waals surface area (Å²) in [6.45, 7) is 0.751. The molecule has 5 nitrogen and oxygen atoms in total. The topological polar surface area (TPSA) is 64.4 Å². The number of rotatable bonds is 6. The molecule has 0 fully saturated rings. The second-order valence-electron chi connectivity index (χ2n) is 4.45. The first-order chi connectivity index (χ1) is 10.1. The minimum atomic E-state index is -0.387. The lowest BCUT2D eigenvalue weighted by atomic mass is 10.1. The molecule has 0 aliphatic heterocycles. The van der Waals surface area contributed by atoms with Gasteiger partial charge in [-0.1, -0.05) is 12.1 Å². The highest BCUT2D eigenvalue weighted by atomic mass is 127. The zero-order valence-corrected chi connectivity index (χ0v) is 13.7. The van der Waals surface area contributed by atoms with Crippen LogP contribution in [0.5, 0.6) is 5.75 Å². The molecule has 0 aliphatic carbocycles. The summed E-state index contributed by atoms with van der Waals surface area (Å²) in [5, 5.41) is 14.0. The maximum absolute atomic E-state index is 10.7. The van der Waals surface area contributed by atoms with Crippen molar-refractivity contribution in [1.82, 2.24) is 0 Å². The highest BCUT2D eigenvalue weighted by Gasteiger charge is 2.08. The summed E-state index contributed by atoms with van der Waals surface area (Å²) in [6.07, 6.45) is 0.851. The van der Waals surface area contributed by atoms with Crippen LogP contribution in [0.1, 0.15) is 5.56 Å². The van der Waals surface area contributed by atoms with Crippen molar-refractivity contribution in [2.24, 2.45) is 0 Å². The fourth-order valence-corrected chi connectivity index (χ4v) is 2.62. The Morgan fingerprint density at radius 1 is 1.29 bits per heavy atom. The molecule has 2 aromatic carbocycles. The van der Waals surface area contributed by atoms with E-state index >= 15 is 0 Å². The van der Waals surface area contributed by atoms with Gasteiger partial charge in [-0.25, -0.2) is 0 Å². The molecular weight excluding hydrogens is 383 g/mol. The van der Waals surface area contributed by atoms with Gasteiger partial charge in [0.15, 0.2) is 0 Å². The maximum Gasteiger partial charge on any atom is 0.270 e. The molecule has 0 amide bonds. The van der Waals surface area contributed by atoms with Crippen LogP contribution in [-0.4, -0.2) is 18.6 Å². The van der Waals surface area contributed by atoms with Crippen LogP contribution in [0.15, 0.2) is 42.5 Å². The Morgan fingerprint density at radius 3 is 2.76 bits per heavy atom. The molecule has 0 bridgehead atoms. The second-order valence-corrected chi connectivity index (χ2v) is 5.61. The smallest absolute Gasteiger partial charge is 0.270 e. The normalized spacial score (nSPS) is 10.2. The average Bonchev–Trinajstić information content (AvgIpc) is 2.49. The van der Waals surface area contributed by atoms with Gasteiger partial charge < -0.3 is 10.1 Å². The number of methoxy groups -OCH3 is 1. The number of ether oxygens (including phenoxy) is 1. The van der Waals surface area contributed by atoms with Gasteiger partial charge in [-0.05, 0) is 52.8 Å². The molecule has 0 radical (unpaired) electrons. The van der Waals surface area contributed by atoms with Gasteiger partial charge in [-0.3, -0.25) is 10.1 Å². The summed E-state index contributed by atoms with van der Waals surface area (Å²) < 4.78 is 6.03. The van der Waals surface area contributed by atoms with E-state index in [-0.39, 0.29) is 10.6 Å². The highest BCUT2D eigenvalue weighted by Crippen LogP contribution is 2.23. The Bertz CT molecular complexity index is 647. The van der Waals surface area contributed by atoms with E-state index in [9.17, 15) is 10.1 Å². The third kappa shape index (κ3) is 4.32. The summed E-state index contributed by atoms with van der Waals surface area (Å²) in [6, 6.07) is 12.7. The van der Waals surface area contributed by atoms with Gasteiger partial charge in [0.1, 0.15) is 5.75 Å². The molecule has 1 N–H and O–H groups in total. The highest BCUT2D eigenvalue weighted by molar-refractivity contribution is 14.1. The van der Waals surface area contributed by atoms with E-state index in [4.69, 9.17) is 4.74 Å². The van der Waals surface area contributed by atoms with Gasteiger partial charge in [-0.2, -0.15) is 0 Å². The number of non-ortho nitro benzene ring substituents is 1. The number of hydrogen-bond acceptors (Lipinski definition) is 4. The lowest BCUT2D eigenvalue weighted by Crippen LogP contribution is -2.06. The molecule has 21 heavy (non-hydrogen) atoms. The van der Waals surface area contributed by atoms with Crippen LogP contribution < -0.4 is 10.1 Å². The number of hydrogen-bond donors (Lipinski definition) is 1. The fourth-order valence-electron chi connectivity index (χ4n) is 1.93. The van der Waals surface area contributed by atoms with Gasteiger partial charge in [0.05, 0.1) is 12.0 Å². The number of anilines is 1. The number of benzene rings is 2. The quantitative estimate of drug-likeness (QED) is 0.456. The van der Waals surface area contributed by atoms with Crippen molar-refractivity contribution in [3.8, 4) is 5.75 Å². The molecule has 0 saturated carbocycles. The van der Waals surface area contributed by atoms with Crippen molar-refractivity contribution in [3.05, 3.63) is 61.7 Å². The largest absolute Gasteiger partial charge is 0.497 e. The van der Waals surface area contributed by atoms with Gasteiger partial charge in [0, 0.05) is 27.9 Å². The third-order valence-electron chi connectivity index (χ3n) is 3.03. The predicted octanol–water partition coefficient (Wildman–Crippen LogP) is 3.86. The monoisotopic (exact) mass is 398 g/mol. The number of nitro benzene ring substituents is 1. The molecule has 0 spiro atoms. The van der Waals surface area contributed by atoms with E-state index in [1.165, 1.54) is 11.6 Å². The molecule has 2 aromatic rings. The van der Waals surface area contributed by atoms with E-state index in [0.717, 1.165) is 28.0 Å². The van der Waals surface area contributed by atoms with Crippen molar-refractivity contribution in [1.29, 1.82) is 0 Å². The number of nitrogens with zero attached hydrogens (tertiary/aromatic N) is 1. The molecule has 110 valence electrons. The number of nitrogens with one attached hydrogen (secondary N) is 1. The fraction of sp³-hybridized carbons (Fsp3) is 0.200. The van der Waals surface area contributed by atoms with Gasteiger partial charge >= 0.3 is 0 Å². The van der Waals surface area contributed by atoms with E-state index in [0.29, 0.717) is 0 Å². The van der Waals surface area contributed by atoms with Crippen molar-refractivity contribution in [2.75, 3.05) is 19.0 Å². The SMILES string of the molecule is COc1cccc(CCNc2ccc([N+](=O)[O-])cc2I)c1. The van der Waals surface area contributed by atoms with Crippen LogP contribution >= 0.6 is 22.6 Å². The molecule has 0 unspecified atom stereocenters. The van der Waals surface area contributed by atoms with Gasteiger partial charge in [-0.15, -0.1) is 0 Å². The molecule has 0 saturated heterocycles. The Balaban J connectivity index is 1.95. The summed E-state index contributed by atoms with van der Waals surface area (Å²) in [7, 11) is 1.65. The zero-order chi connectivity index (χ0) is 15.2. The Hall–Kier alpha value is -1.83. The van der Waals surface area contributed by atoms with E-state index < -0.39 is 0 Å². The first-order valence-electron chi connectivity index (χ1n) is 6.41. The Morgan fingerprint density at radius 2 is 2.10 bits per heavy atom. The minimum absolute atomic E-state index is 0.109. The van der Waals surface area contributed by atoms with Crippen LogP contribution in [0.4, 0.5) is 11.4 Å². The maximum atomic E-state index is 10.7. The number of halogens is 1. The summed E-state index contributed by atoms with van der Waals surface area (Å²) >= 11 is 2.10. The molecule has 2 rings (SSSR count). The molecule has 0 aromatic heterocycles. The molecule has 6 heteroatoms. The second kappa shape index (κ2) is 7.26. The van der Waals surface area contributed by atoms with Crippen molar-refractivity contribution in [2.45, 2.75) is 6.42 Å². The van der Waals surface area contributed by atoms with E-state index in [1.807, 2.05) is 24.3 Å². The standard InChI is InChI=1S/C15H15IN2O3/c1-21-13-4-2-3-11(9-13)7-8-17-15-6-5-12(18(19)20)10-14(15)16/h2-6,9-10,17H,7-8H2,1H3. The van der Waals surface area contributed by atoms with Crippen molar-refractivity contribution >= 4 is 34.0 Å². The summed E-state index contributed by atoms with van der Waals surface area (Å²) in [4.78, 5) is 10.3. The van der Waals surface area contributed by atoms with Crippen LogP contribution in [0.3, 0.4) is 0 Å². The zero-order valence-electron chi connectivity index (χ0n) is 11.5. The predicted molar refractivity (Wildman–Crippen MR) is 91.0 cm³/mol. The molecular formula is C15H15IN2O3. The average molecular weight is 398 g/mol. The molecule has 0 aliphatic rings. The minimum Gasteiger partial charge on any atom is -0.497 e. The summed E-state index contributed by atoms with van der Waals surface area (Å²) in [5.74, 6) is 0.845. The van der Waals surface area contributed by atoms with Crippen LogP contribution in [-0.2, 0) is 6.42 Å². The Kier molecular flexibility index (Phi) is 5.38. The van der Waals surface area contributed by atoms with Crippen molar-refractivity contribution < 1.29 is 9.66 Å². The molecule has 0 heterocycles. The van der Waals surface area contributed by atoms with Crippen LogP contribution in [0, 0.1) is 13.7 Å². The number of nitro groups is 1. The lowest BCUT2D eigenvalue weighted by Gasteiger charge is -2.09.